The predicted molar refractivity (Wildman–Crippen MR) is 133 cm³/mol. The van der Waals surface area contributed by atoms with E-state index in [9.17, 15) is 18.4 Å². The third kappa shape index (κ3) is 5.86. The fraction of sp³-hybridized carbons (Fsp3) is 0.172. The van der Waals surface area contributed by atoms with Crippen LogP contribution >= 0.6 is 0 Å². The third-order valence-electron chi connectivity index (χ3n) is 5.95. The van der Waals surface area contributed by atoms with Crippen LogP contribution in [-0.2, 0) is 17.8 Å². The molecular weight excluding hydrogens is 464 g/mol. The van der Waals surface area contributed by atoms with Gasteiger partial charge in [0.15, 0.2) is 11.6 Å². The van der Waals surface area contributed by atoms with E-state index in [0.29, 0.717) is 16.7 Å². The van der Waals surface area contributed by atoms with E-state index in [1.54, 1.807) is 18.2 Å². The number of nitrogens with one attached hydrogen (secondary N) is 1. The maximum atomic E-state index is 13.9. The Morgan fingerprint density at radius 1 is 0.972 bits per heavy atom. The average molecular weight is 490 g/mol. The SMILES string of the molecule is CC(NC(=O)c1cc(COc2cc(F)ccc2F)ccc1CCC(=O)O)c1cccc2ccccc12. The van der Waals surface area contributed by atoms with E-state index in [-0.39, 0.29) is 37.1 Å². The number of benzene rings is 4. The van der Waals surface area contributed by atoms with Gasteiger partial charge in [0.1, 0.15) is 12.4 Å². The molecule has 0 aromatic heterocycles. The van der Waals surface area contributed by atoms with Gasteiger partial charge >= 0.3 is 5.97 Å². The van der Waals surface area contributed by atoms with Crippen LogP contribution in [0.25, 0.3) is 10.8 Å². The van der Waals surface area contributed by atoms with E-state index < -0.39 is 17.6 Å². The minimum atomic E-state index is -0.973. The molecule has 36 heavy (non-hydrogen) atoms. The molecule has 0 bridgehead atoms. The monoisotopic (exact) mass is 489 g/mol. The molecule has 5 nitrogen and oxygen atoms in total. The molecule has 184 valence electrons. The second-order valence-electron chi connectivity index (χ2n) is 8.51. The van der Waals surface area contributed by atoms with Gasteiger partial charge in [-0.3, -0.25) is 9.59 Å². The van der Waals surface area contributed by atoms with E-state index in [1.165, 1.54) is 0 Å². The van der Waals surface area contributed by atoms with Gasteiger partial charge in [0.05, 0.1) is 6.04 Å². The highest BCUT2D eigenvalue weighted by molar-refractivity contribution is 5.97. The first-order valence-electron chi connectivity index (χ1n) is 11.5. The fourth-order valence-electron chi connectivity index (χ4n) is 4.11. The lowest BCUT2D eigenvalue weighted by Gasteiger charge is -2.18. The van der Waals surface area contributed by atoms with Crippen LogP contribution in [0.4, 0.5) is 8.78 Å². The summed E-state index contributed by atoms with van der Waals surface area (Å²) in [6.07, 6.45) is 0.0317. The minimum Gasteiger partial charge on any atom is -0.486 e. The lowest BCUT2D eigenvalue weighted by molar-refractivity contribution is -0.136. The van der Waals surface area contributed by atoms with E-state index >= 15 is 0 Å². The van der Waals surface area contributed by atoms with Crippen molar-refractivity contribution in [2.45, 2.75) is 32.4 Å². The summed E-state index contributed by atoms with van der Waals surface area (Å²) in [4.78, 5) is 24.5. The van der Waals surface area contributed by atoms with Crippen molar-refractivity contribution >= 4 is 22.6 Å². The van der Waals surface area contributed by atoms with E-state index in [2.05, 4.69) is 5.32 Å². The Labute approximate surface area is 207 Å². The van der Waals surface area contributed by atoms with Crippen molar-refractivity contribution in [2.75, 3.05) is 0 Å². The number of carbonyl (C=O) groups is 2. The number of ether oxygens (including phenoxy) is 1. The van der Waals surface area contributed by atoms with Gasteiger partial charge in [-0.15, -0.1) is 0 Å². The number of aryl methyl sites for hydroxylation is 1. The molecule has 1 amide bonds. The number of halogens is 2. The number of fused-ring (bicyclic) bond motifs is 1. The van der Waals surface area contributed by atoms with Crippen molar-refractivity contribution in [3.05, 3.63) is 113 Å². The van der Waals surface area contributed by atoms with Crippen LogP contribution in [0.15, 0.2) is 78.9 Å². The quantitative estimate of drug-likeness (QED) is 0.293. The van der Waals surface area contributed by atoms with Crippen molar-refractivity contribution in [3.63, 3.8) is 0 Å². The van der Waals surface area contributed by atoms with Crippen molar-refractivity contribution in [1.29, 1.82) is 0 Å². The zero-order chi connectivity index (χ0) is 25.7. The molecule has 1 unspecified atom stereocenters. The summed E-state index contributed by atoms with van der Waals surface area (Å²) in [6, 6.07) is 21.3. The summed E-state index contributed by atoms with van der Waals surface area (Å²) in [7, 11) is 0. The molecule has 0 fully saturated rings. The smallest absolute Gasteiger partial charge is 0.303 e. The Hall–Kier alpha value is -4.26. The molecule has 0 radical (unpaired) electrons. The molecule has 0 spiro atoms. The molecule has 0 aliphatic carbocycles. The second-order valence-corrected chi connectivity index (χ2v) is 8.51. The van der Waals surface area contributed by atoms with Crippen LogP contribution in [0, 0.1) is 11.6 Å². The topological polar surface area (TPSA) is 75.6 Å². The number of aliphatic carboxylic acids is 1. The third-order valence-corrected chi connectivity index (χ3v) is 5.95. The van der Waals surface area contributed by atoms with Crippen LogP contribution in [0.5, 0.6) is 5.75 Å². The number of carboxylic acids is 1. The molecule has 0 saturated carbocycles. The van der Waals surface area contributed by atoms with Gasteiger partial charge in [-0.1, -0.05) is 54.6 Å². The number of carbonyl (C=O) groups excluding carboxylic acids is 1. The summed E-state index contributed by atoms with van der Waals surface area (Å²) in [5.41, 5.74) is 2.39. The van der Waals surface area contributed by atoms with Crippen LogP contribution in [0.2, 0.25) is 0 Å². The molecule has 0 aliphatic rings. The highest BCUT2D eigenvalue weighted by Crippen LogP contribution is 2.25. The summed E-state index contributed by atoms with van der Waals surface area (Å²) in [6.45, 7) is 1.79. The highest BCUT2D eigenvalue weighted by atomic mass is 19.1. The van der Waals surface area contributed by atoms with Crippen molar-refractivity contribution in [2.24, 2.45) is 0 Å². The molecule has 4 aromatic rings. The first kappa shape index (κ1) is 24.9. The molecule has 0 aliphatic heterocycles. The van der Waals surface area contributed by atoms with Gasteiger partial charge in [0.2, 0.25) is 0 Å². The lowest BCUT2D eigenvalue weighted by atomic mass is 9.97. The first-order chi connectivity index (χ1) is 17.3. The molecular formula is C29H25F2NO4. The molecule has 4 rings (SSSR count). The normalized spacial score (nSPS) is 11.8. The molecule has 1 atom stereocenters. The second kappa shape index (κ2) is 11.0. The lowest BCUT2D eigenvalue weighted by Crippen LogP contribution is -2.28. The maximum Gasteiger partial charge on any atom is 0.303 e. The fourth-order valence-corrected chi connectivity index (χ4v) is 4.11. The van der Waals surface area contributed by atoms with Gasteiger partial charge in [-0.25, -0.2) is 8.78 Å². The van der Waals surface area contributed by atoms with Gasteiger partial charge < -0.3 is 15.2 Å². The maximum absolute atomic E-state index is 13.9. The van der Waals surface area contributed by atoms with Gasteiger partial charge in [0, 0.05) is 18.1 Å². The zero-order valence-electron chi connectivity index (χ0n) is 19.6. The van der Waals surface area contributed by atoms with Gasteiger partial charge in [-0.2, -0.15) is 0 Å². The molecule has 0 saturated heterocycles. The Morgan fingerprint density at radius 2 is 1.75 bits per heavy atom. The average Bonchev–Trinajstić information content (AvgIpc) is 2.87. The summed E-state index contributed by atoms with van der Waals surface area (Å²) < 4.78 is 32.8. The Balaban J connectivity index is 1.58. The number of carboxylic acid groups (broad SMARTS) is 1. The molecule has 0 heterocycles. The minimum absolute atomic E-state index is 0.0985. The van der Waals surface area contributed by atoms with Crippen LogP contribution in [0.1, 0.15) is 46.4 Å². The number of hydrogen-bond donors (Lipinski definition) is 2. The summed E-state index contributed by atoms with van der Waals surface area (Å²) in [5, 5.41) is 14.2. The first-order valence-corrected chi connectivity index (χ1v) is 11.5. The summed E-state index contributed by atoms with van der Waals surface area (Å²) >= 11 is 0. The molecule has 4 aromatic carbocycles. The van der Waals surface area contributed by atoms with Gasteiger partial charge in [0.25, 0.3) is 5.91 Å². The van der Waals surface area contributed by atoms with Crippen molar-refractivity contribution in [3.8, 4) is 5.75 Å². The van der Waals surface area contributed by atoms with Crippen molar-refractivity contribution < 1.29 is 28.2 Å². The van der Waals surface area contributed by atoms with Crippen LogP contribution in [-0.4, -0.2) is 17.0 Å². The highest BCUT2D eigenvalue weighted by Gasteiger charge is 2.18. The standard InChI is InChI=1S/C29H25F2NO4/c1-18(23-8-4-6-20-5-2-3-7-24(20)23)32-29(35)25-15-19(9-10-21(25)11-14-28(33)34)17-36-27-16-22(30)12-13-26(27)31/h2-10,12-13,15-16,18H,11,14,17H2,1H3,(H,32,35)(H,33,34). The van der Waals surface area contributed by atoms with Crippen molar-refractivity contribution in [1.82, 2.24) is 5.32 Å². The van der Waals surface area contributed by atoms with Crippen LogP contribution < -0.4 is 10.1 Å². The summed E-state index contributed by atoms with van der Waals surface area (Å²) in [5.74, 6) is -2.90. The number of amides is 1. The van der Waals surface area contributed by atoms with Crippen LogP contribution in [0.3, 0.4) is 0 Å². The molecule has 7 heteroatoms. The Bertz CT molecular complexity index is 1410. The predicted octanol–water partition coefficient (Wildman–Crippen LogP) is 6.21. The Kier molecular flexibility index (Phi) is 7.59. The van der Waals surface area contributed by atoms with E-state index in [4.69, 9.17) is 9.84 Å². The number of hydrogen-bond acceptors (Lipinski definition) is 3. The largest absolute Gasteiger partial charge is 0.486 e. The van der Waals surface area contributed by atoms with E-state index in [0.717, 1.165) is 34.5 Å². The Morgan fingerprint density at radius 3 is 2.56 bits per heavy atom. The zero-order valence-corrected chi connectivity index (χ0v) is 19.6. The van der Waals surface area contributed by atoms with Gasteiger partial charge in [-0.05, 0) is 59.0 Å². The number of rotatable bonds is 9. The van der Waals surface area contributed by atoms with E-state index in [1.807, 2.05) is 49.4 Å². The molecule has 2 N–H and O–H groups in total.